The Kier molecular flexibility index (Phi) is 2.44. The second kappa shape index (κ2) is 3.50. The van der Waals surface area contributed by atoms with Crippen LogP contribution in [0.25, 0.3) is 0 Å². The van der Waals surface area contributed by atoms with Crippen molar-refractivity contribution in [2.75, 3.05) is 17.4 Å². The van der Waals surface area contributed by atoms with Crippen LogP contribution in [-0.2, 0) is 10.2 Å². The molecular weight excluding hydrogens is 212 g/mol. The Labute approximate surface area is 90.1 Å². The van der Waals surface area contributed by atoms with Gasteiger partial charge in [0.25, 0.3) is 0 Å². The van der Waals surface area contributed by atoms with Gasteiger partial charge in [0.1, 0.15) is 0 Å². The summed E-state index contributed by atoms with van der Waals surface area (Å²) < 4.78 is 27.0. The van der Waals surface area contributed by atoms with Crippen molar-refractivity contribution in [2.45, 2.75) is 13.8 Å². The van der Waals surface area contributed by atoms with Crippen molar-refractivity contribution in [3.05, 3.63) is 29.3 Å². The zero-order chi connectivity index (χ0) is 11.1. The van der Waals surface area contributed by atoms with Crippen molar-refractivity contribution in [3.8, 4) is 0 Å². The number of nitrogens with one attached hydrogen (secondary N) is 1. The summed E-state index contributed by atoms with van der Waals surface area (Å²) in [5, 5.41) is 0. The number of nitrogens with zero attached hydrogens (tertiary/aromatic N) is 1. The van der Waals surface area contributed by atoms with Gasteiger partial charge in [-0.1, -0.05) is 6.07 Å². The number of rotatable bonds is 1. The molecule has 5 heteroatoms. The number of hydrogen-bond donors (Lipinski definition) is 1. The van der Waals surface area contributed by atoms with Crippen LogP contribution >= 0.6 is 0 Å². The van der Waals surface area contributed by atoms with Crippen LogP contribution in [0.3, 0.4) is 0 Å². The van der Waals surface area contributed by atoms with Crippen LogP contribution in [0, 0.1) is 13.8 Å². The van der Waals surface area contributed by atoms with Gasteiger partial charge in [0.15, 0.2) is 0 Å². The molecule has 0 atom stereocenters. The predicted octanol–water partition coefficient (Wildman–Crippen LogP) is 0.958. The largest absolute Gasteiger partial charge is 0.301 e. The third-order valence-electron chi connectivity index (χ3n) is 2.67. The van der Waals surface area contributed by atoms with Gasteiger partial charge in [-0.2, -0.15) is 13.1 Å². The van der Waals surface area contributed by atoms with E-state index in [0.29, 0.717) is 13.1 Å². The first-order valence-electron chi connectivity index (χ1n) is 4.85. The first-order valence-corrected chi connectivity index (χ1v) is 6.29. The molecule has 0 aromatic heterocycles. The lowest BCUT2D eigenvalue weighted by Gasteiger charge is -2.16. The minimum atomic E-state index is -3.29. The Morgan fingerprint density at radius 1 is 1.27 bits per heavy atom. The highest BCUT2D eigenvalue weighted by Crippen LogP contribution is 2.22. The van der Waals surface area contributed by atoms with Crippen LogP contribution in [0.2, 0.25) is 0 Å². The van der Waals surface area contributed by atoms with Crippen molar-refractivity contribution >= 4 is 15.9 Å². The summed E-state index contributed by atoms with van der Waals surface area (Å²) in [6.45, 7) is 4.98. The summed E-state index contributed by atoms with van der Waals surface area (Å²) in [6, 6.07) is 5.69. The molecule has 0 radical (unpaired) electrons. The molecule has 1 heterocycles. The maximum Gasteiger partial charge on any atom is 0.301 e. The van der Waals surface area contributed by atoms with E-state index in [1.54, 1.807) is 0 Å². The van der Waals surface area contributed by atoms with Crippen LogP contribution in [-0.4, -0.2) is 21.5 Å². The molecule has 2 rings (SSSR count). The Morgan fingerprint density at radius 3 is 2.53 bits per heavy atom. The molecule has 0 spiro atoms. The average molecular weight is 226 g/mol. The smallest absolute Gasteiger partial charge is 0.257 e. The summed E-state index contributed by atoms with van der Waals surface area (Å²) in [5.41, 5.74) is 3.01. The number of benzene rings is 1. The molecule has 82 valence electrons. The van der Waals surface area contributed by atoms with E-state index in [2.05, 4.69) is 4.72 Å². The zero-order valence-corrected chi connectivity index (χ0v) is 9.63. The summed E-state index contributed by atoms with van der Waals surface area (Å²) in [7, 11) is -3.29. The molecule has 1 N–H and O–H groups in total. The lowest BCUT2D eigenvalue weighted by atomic mass is 10.1. The standard InChI is InChI=1S/C10H14N2O2S/c1-8-3-4-10(7-9(8)2)12-6-5-11-15(12,13)14/h3-4,7,11H,5-6H2,1-2H3. The summed E-state index contributed by atoms with van der Waals surface area (Å²) in [5.74, 6) is 0. The van der Waals surface area contributed by atoms with Gasteiger partial charge in [0.05, 0.1) is 5.69 Å². The fourth-order valence-corrected chi connectivity index (χ4v) is 2.85. The molecule has 15 heavy (non-hydrogen) atoms. The molecule has 0 aliphatic carbocycles. The van der Waals surface area contributed by atoms with Gasteiger partial charge in [0, 0.05) is 13.1 Å². The lowest BCUT2D eigenvalue weighted by molar-refractivity contribution is 0.591. The Hall–Kier alpha value is -1.07. The average Bonchev–Trinajstić information content (AvgIpc) is 2.50. The highest BCUT2D eigenvalue weighted by Gasteiger charge is 2.27. The van der Waals surface area contributed by atoms with E-state index < -0.39 is 10.2 Å². The van der Waals surface area contributed by atoms with Gasteiger partial charge in [-0.15, -0.1) is 0 Å². The molecule has 1 saturated heterocycles. The zero-order valence-electron chi connectivity index (χ0n) is 8.82. The first kappa shape index (κ1) is 10.4. The van der Waals surface area contributed by atoms with E-state index in [0.717, 1.165) is 11.3 Å². The van der Waals surface area contributed by atoms with E-state index in [9.17, 15) is 8.42 Å². The number of anilines is 1. The first-order chi connectivity index (χ1) is 7.00. The molecule has 1 fully saturated rings. The van der Waals surface area contributed by atoms with Crippen molar-refractivity contribution in [2.24, 2.45) is 0 Å². The van der Waals surface area contributed by atoms with Gasteiger partial charge in [0.2, 0.25) is 0 Å². The van der Waals surface area contributed by atoms with E-state index in [4.69, 9.17) is 0 Å². The van der Waals surface area contributed by atoms with E-state index >= 15 is 0 Å². The number of aryl methyl sites for hydroxylation is 2. The fourth-order valence-electron chi connectivity index (χ4n) is 1.62. The van der Waals surface area contributed by atoms with Crippen LogP contribution in [0.15, 0.2) is 18.2 Å². The van der Waals surface area contributed by atoms with Gasteiger partial charge < -0.3 is 0 Å². The Bertz CT molecular complexity index is 482. The summed E-state index contributed by atoms with van der Waals surface area (Å²) >= 11 is 0. The van der Waals surface area contributed by atoms with Gasteiger partial charge in [-0.25, -0.2) is 0 Å². The van der Waals surface area contributed by atoms with Crippen molar-refractivity contribution in [1.82, 2.24) is 4.72 Å². The quantitative estimate of drug-likeness (QED) is 0.775. The minimum Gasteiger partial charge on any atom is -0.257 e. The maximum absolute atomic E-state index is 11.6. The highest BCUT2D eigenvalue weighted by molar-refractivity contribution is 7.91. The van der Waals surface area contributed by atoms with Gasteiger partial charge >= 0.3 is 10.2 Å². The molecule has 4 nitrogen and oxygen atoms in total. The molecule has 0 saturated carbocycles. The second-order valence-corrected chi connectivity index (χ2v) is 5.42. The summed E-state index contributed by atoms with van der Waals surface area (Å²) in [4.78, 5) is 0. The van der Waals surface area contributed by atoms with Crippen LogP contribution in [0.5, 0.6) is 0 Å². The molecule has 0 unspecified atom stereocenters. The molecule has 1 aromatic carbocycles. The molecule has 0 amide bonds. The highest BCUT2D eigenvalue weighted by atomic mass is 32.2. The predicted molar refractivity (Wildman–Crippen MR) is 60.2 cm³/mol. The van der Waals surface area contributed by atoms with Crippen LogP contribution in [0.4, 0.5) is 5.69 Å². The van der Waals surface area contributed by atoms with E-state index in [1.165, 1.54) is 9.87 Å². The Morgan fingerprint density at radius 2 is 2.00 bits per heavy atom. The topological polar surface area (TPSA) is 49.4 Å². The fraction of sp³-hybridized carbons (Fsp3) is 0.400. The maximum atomic E-state index is 11.6. The third-order valence-corrected chi connectivity index (χ3v) is 4.21. The Balaban J connectivity index is 2.42. The van der Waals surface area contributed by atoms with Gasteiger partial charge in [-0.05, 0) is 37.1 Å². The lowest BCUT2D eigenvalue weighted by Crippen LogP contribution is -2.29. The summed E-state index contributed by atoms with van der Waals surface area (Å²) in [6.07, 6.45) is 0. The molecular formula is C10H14N2O2S. The van der Waals surface area contributed by atoms with E-state index in [1.807, 2.05) is 32.0 Å². The molecule has 0 bridgehead atoms. The molecule has 1 aromatic rings. The molecule has 1 aliphatic rings. The van der Waals surface area contributed by atoms with E-state index in [-0.39, 0.29) is 0 Å². The third kappa shape index (κ3) is 1.85. The normalized spacial score (nSPS) is 19.5. The minimum absolute atomic E-state index is 0.481. The number of hydrogen-bond acceptors (Lipinski definition) is 2. The van der Waals surface area contributed by atoms with Gasteiger partial charge in [-0.3, -0.25) is 4.31 Å². The SMILES string of the molecule is Cc1ccc(N2CCNS2(=O)=O)cc1C. The molecule has 1 aliphatic heterocycles. The van der Waals surface area contributed by atoms with Crippen LogP contribution in [0.1, 0.15) is 11.1 Å². The van der Waals surface area contributed by atoms with Crippen molar-refractivity contribution in [3.63, 3.8) is 0 Å². The second-order valence-electron chi connectivity index (χ2n) is 3.74. The van der Waals surface area contributed by atoms with Crippen LogP contribution < -0.4 is 9.03 Å². The monoisotopic (exact) mass is 226 g/mol. The van der Waals surface area contributed by atoms with Crippen molar-refractivity contribution < 1.29 is 8.42 Å². The van der Waals surface area contributed by atoms with Crippen molar-refractivity contribution in [1.29, 1.82) is 0 Å².